The van der Waals surface area contributed by atoms with Crippen molar-refractivity contribution < 1.29 is 13.2 Å². The molecule has 23 heavy (non-hydrogen) atoms. The van der Waals surface area contributed by atoms with Crippen molar-refractivity contribution in [1.29, 1.82) is 0 Å². The predicted octanol–water partition coefficient (Wildman–Crippen LogP) is 1.04. The lowest BCUT2D eigenvalue weighted by Crippen LogP contribution is -2.51. The molecule has 0 aliphatic carbocycles. The van der Waals surface area contributed by atoms with E-state index in [9.17, 15) is 13.2 Å². The van der Waals surface area contributed by atoms with Crippen LogP contribution in [0.5, 0.6) is 0 Å². The van der Waals surface area contributed by atoms with Gasteiger partial charge in [-0.3, -0.25) is 4.79 Å². The lowest BCUT2D eigenvalue weighted by molar-refractivity contribution is -0.125. The maximum absolute atomic E-state index is 12.3. The van der Waals surface area contributed by atoms with Gasteiger partial charge in [0.25, 0.3) is 0 Å². The summed E-state index contributed by atoms with van der Waals surface area (Å²) in [7, 11) is -3.31. The third-order valence-corrected chi connectivity index (χ3v) is 6.30. The molecule has 0 aromatic carbocycles. The second-order valence-electron chi connectivity index (χ2n) is 7.05. The van der Waals surface area contributed by atoms with Gasteiger partial charge >= 0.3 is 0 Å². The summed E-state index contributed by atoms with van der Waals surface area (Å²) in [6.45, 7) is 6.70. The molecule has 1 atom stereocenters. The first-order valence-electron chi connectivity index (χ1n) is 8.85. The molecule has 2 fully saturated rings. The van der Waals surface area contributed by atoms with E-state index in [1.165, 1.54) is 23.4 Å². The van der Waals surface area contributed by atoms with E-state index in [1.807, 2.05) is 0 Å². The topological polar surface area (TPSA) is 69.7 Å². The summed E-state index contributed by atoms with van der Waals surface area (Å²) in [6.07, 6.45) is 7.01. The SMILES string of the molecule is CC1CCN(CCCNC(=O)C2CCCCN2S(C)(=O)=O)CC1. The molecule has 2 aliphatic heterocycles. The fraction of sp³-hybridized carbons (Fsp3) is 0.938. The Morgan fingerprint density at radius 3 is 2.48 bits per heavy atom. The zero-order chi connectivity index (χ0) is 16.9. The Bertz CT molecular complexity index is 487. The molecule has 0 bridgehead atoms. The van der Waals surface area contributed by atoms with Crippen molar-refractivity contribution in [2.24, 2.45) is 5.92 Å². The zero-order valence-electron chi connectivity index (χ0n) is 14.5. The zero-order valence-corrected chi connectivity index (χ0v) is 15.3. The molecule has 6 nitrogen and oxygen atoms in total. The molecule has 1 unspecified atom stereocenters. The van der Waals surface area contributed by atoms with Gasteiger partial charge in [0.2, 0.25) is 15.9 Å². The highest BCUT2D eigenvalue weighted by Gasteiger charge is 2.34. The number of likely N-dealkylation sites (tertiary alicyclic amines) is 1. The van der Waals surface area contributed by atoms with E-state index in [1.54, 1.807) is 0 Å². The van der Waals surface area contributed by atoms with Crippen molar-refractivity contribution in [3.8, 4) is 0 Å². The van der Waals surface area contributed by atoms with Gasteiger partial charge in [-0.1, -0.05) is 13.3 Å². The summed E-state index contributed by atoms with van der Waals surface area (Å²) >= 11 is 0. The molecule has 0 saturated carbocycles. The molecule has 0 radical (unpaired) electrons. The van der Waals surface area contributed by atoms with Gasteiger partial charge in [0.15, 0.2) is 0 Å². The van der Waals surface area contributed by atoms with Crippen LogP contribution >= 0.6 is 0 Å². The third-order valence-electron chi connectivity index (χ3n) is 5.01. The van der Waals surface area contributed by atoms with E-state index in [0.29, 0.717) is 19.5 Å². The minimum atomic E-state index is -3.31. The summed E-state index contributed by atoms with van der Waals surface area (Å²) in [5, 5.41) is 2.93. The number of piperidine rings is 2. The van der Waals surface area contributed by atoms with Gasteiger partial charge in [0, 0.05) is 13.1 Å². The summed E-state index contributed by atoms with van der Waals surface area (Å²) in [4.78, 5) is 14.8. The highest BCUT2D eigenvalue weighted by Crippen LogP contribution is 2.20. The molecule has 2 rings (SSSR count). The molecular formula is C16H31N3O3S. The molecule has 1 N–H and O–H groups in total. The van der Waals surface area contributed by atoms with E-state index < -0.39 is 16.1 Å². The molecule has 0 spiro atoms. The fourth-order valence-electron chi connectivity index (χ4n) is 3.48. The first kappa shape index (κ1) is 18.7. The molecule has 0 aromatic heterocycles. The molecule has 7 heteroatoms. The minimum absolute atomic E-state index is 0.137. The van der Waals surface area contributed by atoms with Gasteiger partial charge in [0.05, 0.1) is 6.26 Å². The van der Waals surface area contributed by atoms with Crippen molar-refractivity contribution in [3.63, 3.8) is 0 Å². The number of carbonyl (C=O) groups excluding carboxylic acids is 1. The van der Waals surface area contributed by atoms with Crippen LogP contribution in [0.1, 0.15) is 45.4 Å². The van der Waals surface area contributed by atoms with Crippen molar-refractivity contribution in [2.45, 2.75) is 51.5 Å². The van der Waals surface area contributed by atoms with Crippen LogP contribution in [0.25, 0.3) is 0 Å². The quantitative estimate of drug-likeness (QED) is 0.730. The molecule has 2 aliphatic rings. The number of hydrogen-bond donors (Lipinski definition) is 1. The average Bonchev–Trinajstić information content (AvgIpc) is 2.52. The first-order valence-corrected chi connectivity index (χ1v) is 10.7. The molecule has 2 heterocycles. The van der Waals surface area contributed by atoms with Gasteiger partial charge in [-0.05, 0) is 57.7 Å². The van der Waals surface area contributed by atoms with Crippen molar-refractivity contribution in [3.05, 3.63) is 0 Å². The number of amides is 1. The number of hydrogen-bond acceptors (Lipinski definition) is 4. The Morgan fingerprint density at radius 2 is 1.83 bits per heavy atom. The summed E-state index contributed by atoms with van der Waals surface area (Å²) < 4.78 is 25.0. The van der Waals surface area contributed by atoms with Gasteiger partial charge < -0.3 is 10.2 Å². The van der Waals surface area contributed by atoms with Crippen LogP contribution in [-0.2, 0) is 14.8 Å². The predicted molar refractivity (Wildman–Crippen MR) is 91.7 cm³/mol. The van der Waals surface area contributed by atoms with Gasteiger partial charge in [-0.15, -0.1) is 0 Å². The van der Waals surface area contributed by atoms with Crippen LogP contribution < -0.4 is 5.32 Å². The summed E-state index contributed by atoms with van der Waals surface area (Å²) in [5.41, 5.74) is 0. The molecular weight excluding hydrogens is 314 g/mol. The van der Waals surface area contributed by atoms with E-state index >= 15 is 0 Å². The molecule has 2 saturated heterocycles. The Kier molecular flexibility index (Phi) is 6.85. The number of carbonyl (C=O) groups is 1. The van der Waals surface area contributed by atoms with Gasteiger partial charge in [-0.2, -0.15) is 4.31 Å². The van der Waals surface area contributed by atoms with Crippen LogP contribution in [0.3, 0.4) is 0 Å². The Labute approximate surface area is 140 Å². The van der Waals surface area contributed by atoms with Crippen molar-refractivity contribution in [2.75, 3.05) is 39.0 Å². The third kappa shape index (κ3) is 5.72. The molecule has 0 aromatic rings. The Balaban J connectivity index is 1.71. The first-order chi connectivity index (χ1) is 10.9. The van der Waals surface area contributed by atoms with Crippen LogP contribution in [0, 0.1) is 5.92 Å². The van der Waals surface area contributed by atoms with Crippen molar-refractivity contribution >= 4 is 15.9 Å². The Hall–Kier alpha value is -0.660. The number of nitrogens with zero attached hydrogens (tertiary/aromatic N) is 2. The molecule has 134 valence electrons. The second-order valence-corrected chi connectivity index (χ2v) is 8.99. The van der Waals surface area contributed by atoms with E-state index in [2.05, 4.69) is 17.1 Å². The molecule has 1 amide bonds. The van der Waals surface area contributed by atoms with Crippen molar-refractivity contribution in [1.82, 2.24) is 14.5 Å². The van der Waals surface area contributed by atoms with Crippen LogP contribution in [0.4, 0.5) is 0 Å². The second kappa shape index (κ2) is 8.44. The Morgan fingerprint density at radius 1 is 1.13 bits per heavy atom. The van der Waals surface area contributed by atoms with E-state index in [0.717, 1.165) is 44.8 Å². The maximum atomic E-state index is 12.3. The smallest absolute Gasteiger partial charge is 0.238 e. The highest BCUT2D eigenvalue weighted by atomic mass is 32.2. The fourth-order valence-corrected chi connectivity index (χ4v) is 4.61. The van der Waals surface area contributed by atoms with Crippen LogP contribution in [0.15, 0.2) is 0 Å². The number of nitrogens with one attached hydrogen (secondary N) is 1. The monoisotopic (exact) mass is 345 g/mol. The standard InChI is InChI=1S/C16H31N3O3S/c1-14-7-12-18(13-8-14)10-5-9-17-16(20)15-6-3-4-11-19(15)23(2,21)22/h14-15H,3-13H2,1-2H3,(H,17,20). The lowest BCUT2D eigenvalue weighted by Gasteiger charge is -2.33. The summed E-state index contributed by atoms with van der Waals surface area (Å²) in [6, 6.07) is -0.519. The van der Waals surface area contributed by atoms with Crippen LogP contribution in [-0.4, -0.2) is 68.6 Å². The number of sulfonamides is 1. The van der Waals surface area contributed by atoms with Gasteiger partial charge in [-0.25, -0.2) is 8.42 Å². The largest absolute Gasteiger partial charge is 0.355 e. The highest BCUT2D eigenvalue weighted by molar-refractivity contribution is 7.88. The van der Waals surface area contributed by atoms with Crippen LogP contribution in [0.2, 0.25) is 0 Å². The lowest BCUT2D eigenvalue weighted by atomic mass is 9.99. The number of rotatable bonds is 6. The summed E-state index contributed by atoms with van der Waals surface area (Å²) in [5.74, 6) is 0.696. The maximum Gasteiger partial charge on any atom is 0.238 e. The normalized spacial score (nSPS) is 25.4. The van der Waals surface area contributed by atoms with Gasteiger partial charge in [0.1, 0.15) is 6.04 Å². The average molecular weight is 346 g/mol. The van der Waals surface area contributed by atoms with E-state index in [4.69, 9.17) is 0 Å². The minimum Gasteiger partial charge on any atom is -0.355 e. The van der Waals surface area contributed by atoms with E-state index in [-0.39, 0.29) is 5.91 Å².